The molecule has 2 nitrogen and oxygen atoms in total. The molecule has 15 heavy (non-hydrogen) atoms. The fourth-order valence-corrected chi connectivity index (χ4v) is 1.98. The zero-order valence-electron chi connectivity index (χ0n) is 10.1. The van der Waals surface area contributed by atoms with Gasteiger partial charge in [0.25, 0.3) is 0 Å². The van der Waals surface area contributed by atoms with Crippen molar-refractivity contribution in [1.82, 2.24) is 5.32 Å². The van der Waals surface area contributed by atoms with Crippen LogP contribution < -0.4 is 5.32 Å². The Bertz CT molecular complexity index is 237. The van der Waals surface area contributed by atoms with E-state index < -0.39 is 0 Å². The van der Waals surface area contributed by atoms with E-state index in [1.807, 2.05) is 12.1 Å². The van der Waals surface area contributed by atoms with E-state index in [0.29, 0.717) is 12.1 Å². The molecule has 86 valence electrons. The maximum Gasteiger partial charge on any atom is 0.120 e. The van der Waals surface area contributed by atoms with Gasteiger partial charge in [-0.05, 0) is 31.9 Å². The van der Waals surface area contributed by atoms with E-state index in [0.717, 1.165) is 5.76 Å². The second-order valence-electron chi connectivity index (χ2n) is 4.18. The molecule has 1 unspecified atom stereocenters. The highest BCUT2D eigenvalue weighted by molar-refractivity contribution is 5.03. The van der Waals surface area contributed by atoms with Gasteiger partial charge in [0.15, 0.2) is 0 Å². The van der Waals surface area contributed by atoms with Gasteiger partial charge in [-0.2, -0.15) is 0 Å². The Balaban J connectivity index is 2.43. The predicted octanol–water partition coefficient (Wildman–Crippen LogP) is 3.90. The van der Waals surface area contributed by atoms with E-state index in [4.69, 9.17) is 4.42 Å². The van der Waals surface area contributed by atoms with Crippen molar-refractivity contribution in [2.45, 2.75) is 58.5 Å². The van der Waals surface area contributed by atoms with Crippen molar-refractivity contribution in [3.63, 3.8) is 0 Å². The zero-order valence-corrected chi connectivity index (χ0v) is 10.1. The van der Waals surface area contributed by atoms with Gasteiger partial charge >= 0.3 is 0 Å². The first-order chi connectivity index (χ1) is 7.27. The molecule has 1 rings (SSSR count). The summed E-state index contributed by atoms with van der Waals surface area (Å²) in [4.78, 5) is 0. The van der Waals surface area contributed by atoms with Crippen molar-refractivity contribution >= 4 is 0 Å². The molecule has 0 saturated heterocycles. The Morgan fingerprint density at radius 3 is 2.40 bits per heavy atom. The van der Waals surface area contributed by atoms with Gasteiger partial charge in [-0.1, -0.05) is 26.7 Å². The smallest absolute Gasteiger partial charge is 0.120 e. The van der Waals surface area contributed by atoms with Crippen LogP contribution in [0.5, 0.6) is 0 Å². The Kier molecular flexibility index (Phi) is 5.48. The molecule has 0 fully saturated rings. The van der Waals surface area contributed by atoms with E-state index in [9.17, 15) is 0 Å². The molecule has 2 heteroatoms. The Morgan fingerprint density at radius 1 is 1.27 bits per heavy atom. The highest BCUT2D eigenvalue weighted by Gasteiger charge is 2.13. The van der Waals surface area contributed by atoms with Gasteiger partial charge in [0.1, 0.15) is 5.76 Å². The van der Waals surface area contributed by atoms with Crippen LogP contribution in [0.25, 0.3) is 0 Å². The summed E-state index contributed by atoms with van der Waals surface area (Å²) >= 11 is 0. The number of hydrogen-bond acceptors (Lipinski definition) is 2. The number of furan rings is 1. The lowest BCUT2D eigenvalue weighted by molar-refractivity contribution is 0.360. The predicted molar refractivity (Wildman–Crippen MR) is 63.9 cm³/mol. The summed E-state index contributed by atoms with van der Waals surface area (Å²) in [5, 5.41) is 3.63. The van der Waals surface area contributed by atoms with Crippen LogP contribution in [0.1, 0.15) is 58.3 Å². The van der Waals surface area contributed by atoms with Crippen LogP contribution in [0.3, 0.4) is 0 Å². The number of rotatable bonds is 7. The van der Waals surface area contributed by atoms with Gasteiger partial charge in [-0.25, -0.2) is 0 Å². The first-order valence-corrected chi connectivity index (χ1v) is 6.07. The fraction of sp³-hybridized carbons (Fsp3) is 0.692. The Labute approximate surface area is 93.1 Å². The summed E-state index contributed by atoms with van der Waals surface area (Å²) in [6.45, 7) is 6.64. The molecular formula is C13H23NO. The van der Waals surface area contributed by atoms with Crippen molar-refractivity contribution in [1.29, 1.82) is 0 Å². The van der Waals surface area contributed by atoms with Gasteiger partial charge in [0.2, 0.25) is 0 Å². The van der Waals surface area contributed by atoms with Crippen LogP contribution in [0.15, 0.2) is 22.8 Å². The van der Waals surface area contributed by atoms with Crippen molar-refractivity contribution in [2.75, 3.05) is 0 Å². The summed E-state index contributed by atoms with van der Waals surface area (Å²) in [6.07, 6.45) is 6.71. The van der Waals surface area contributed by atoms with Gasteiger partial charge in [0, 0.05) is 6.04 Å². The Hall–Kier alpha value is -0.760. The molecular weight excluding hydrogens is 186 g/mol. The molecule has 1 atom stereocenters. The number of nitrogens with one attached hydrogen (secondary N) is 1. The second kappa shape index (κ2) is 6.67. The quantitative estimate of drug-likeness (QED) is 0.736. The summed E-state index contributed by atoms with van der Waals surface area (Å²) in [7, 11) is 0. The van der Waals surface area contributed by atoms with Gasteiger partial charge < -0.3 is 9.73 Å². The van der Waals surface area contributed by atoms with Crippen molar-refractivity contribution < 1.29 is 4.42 Å². The third kappa shape index (κ3) is 4.08. The minimum Gasteiger partial charge on any atom is -0.468 e. The highest BCUT2D eigenvalue weighted by Crippen LogP contribution is 2.16. The molecule has 1 aromatic rings. The zero-order chi connectivity index (χ0) is 11.1. The van der Waals surface area contributed by atoms with Gasteiger partial charge in [-0.15, -0.1) is 0 Å². The summed E-state index contributed by atoms with van der Waals surface area (Å²) < 4.78 is 5.39. The normalized spacial score (nSPS) is 13.3. The van der Waals surface area contributed by atoms with E-state index in [1.165, 1.54) is 25.7 Å². The second-order valence-corrected chi connectivity index (χ2v) is 4.18. The van der Waals surface area contributed by atoms with E-state index in [2.05, 4.69) is 26.1 Å². The summed E-state index contributed by atoms with van der Waals surface area (Å²) in [5.74, 6) is 1.03. The summed E-state index contributed by atoms with van der Waals surface area (Å²) in [5.41, 5.74) is 0. The lowest BCUT2D eigenvalue weighted by Crippen LogP contribution is -2.31. The average molecular weight is 209 g/mol. The molecule has 0 radical (unpaired) electrons. The molecule has 0 aliphatic rings. The third-order valence-electron chi connectivity index (χ3n) is 2.73. The monoisotopic (exact) mass is 209 g/mol. The maximum atomic E-state index is 5.39. The Morgan fingerprint density at radius 2 is 1.93 bits per heavy atom. The maximum absolute atomic E-state index is 5.39. The van der Waals surface area contributed by atoms with Crippen molar-refractivity contribution in [3.05, 3.63) is 24.2 Å². The van der Waals surface area contributed by atoms with Crippen LogP contribution in [-0.2, 0) is 0 Å². The van der Waals surface area contributed by atoms with Crippen molar-refractivity contribution in [2.24, 2.45) is 0 Å². The van der Waals surface area contributed by atoms with E-state index >= 15 is 0 Å². The molecule has 1 heterocycles. The van der Waals surface area contributed by atoms with E-state index in [1.54, 1.807) is 6.26 Å². The lowest BCUT2D eigenvalue weighted by Gasteiger charge is -2.21. The summed E-state index contributed by atoms with van der Waals surface area (Å²) in [6, 6.07) is 4.93. The van der Waals surface area contributed by atoms with Gasteiger partial charge in [-0.3, -0.25) is 0 Å². The van der Waals surface area contributed by atoms with Crippen LogP contribution in [-0.4, -0.2) is 6.04 Å². The molecule has 0 aliphatic heterocycles. The molecule has 1 N–H and O–H groups in total. The molecule has 1 aromatic heterocycles. The third-order valence-corrected chi connectivity index (χ3v) is 2.73. The van der Waals surface area contributed by atoms with Crippen LogP contribution in [0, 0.1) is 0 Å². The number of hydrogen-bond donors (Lipinski definition) is 1. The van der Waals surface area contributed by atoms with Crippen molar-refractivity contribution in [3.8, 4) is 0 Å². The fourth-order valence-electron chi connectivity index (χ4n) is 1.98. The lowest BCUT2D eigenvalue weighted by atomic mass is 10.1. The minimum absolute atomic E-state index is 0.322. The molecule has 0 aliphatic carbocycles. The molecule has 0 spiro atoms. The van der Waals surface area contributed by atoms with Crippen LogP contribution in [0.2, 0.25) is 0 Å². The highest BCUT2D eigenvalue weighted by atomic mass is 16.3. The largest absolute Gasteiger partial charge is 0.468 e. The van der Waals surface area contributed by atoms with Crippen LogP contribution >= 0.6 is 0 Å². The van der Waals surface area contributed by atoms with Crippen LogP contribution in [0.4, 0.5) is 0 Å². The standard InChI is InChI=1S/C13H23NO/c1-4-7-12(8-5-2)14-11(3)13-9-6-10-15-13/h6,9-12,14H,4-5,7-8H2,1-3H3. The molecule has 0 amide bonds. The molecule has 0 aromatic carbocycles. The minimum atomic E-state index is 0.322. The first-order valence-electron chi connectivity index (χ1n) is 6.07. The molecule has 0 bridgehead atoms. The molecule has 0 saturated carbocycles. The van der Waals surface area contributed by atoms with E-state index in [-0.39, 0.29) is 0 Å². The first kappa shape index (κ1) is 12.3. The topological polar surface area (TPSA) is 25.2 Å². The van der Waals surface area contributed by atoms with Gasteiger partial charge in [0.05, 0.1) is 12.3 Å². The SMILES string of the molecule is CCCC(CCC)NC(C)c1ccco1. The average Bonchev–Trinajstić information content (AvgIpc) is 2.71.